The summed E-state index contributed by atoms with van der Waals surface area (Å²) in [5.74, 6) is 0.951. The van der Waals surface area contributed by atoms with E-state index in [1.807, 2.05) is 7.05 Å². The van der Waals surface area contributed by atoms with Gasteiger partial charge in [-0.3, -0.25) is 9.89 Å². The summed E-state index contributed by atoms with van der Waals surface area (Å²) in [4.78, 5) is 9.43. The minimum Gasteiger partial charge on any atom is -0.379 e. The monoisotopic (exact) mass is 416 g/mol. The lowest BCUT2D eigenvalue weighted by Crippen LogP contribution is -2.54. The van der Waals surface area contributed by atoms with Crippen molar-refractivity contribution in [3.05, 3.63) is 35.4 Å². The molecule has 4 rings (SSSR count). The summed E-state index contributed by atoms with van der Waals surface area (Å²) in [5.41, 5.74) is 2.63. The quantitative estimate of drug-likeness (QED) is 0.584. The summed E-state index contributed by atoms with van der Waals surface area (Å²) in [5, 5.41) is 3.66. The normalized spacial score (nSPS) is 27.3. The number of hydrogen-bond donors (Lipinski definition) is 1. The summed E-state index contributed by atoms with van der Waals surface area (Å²) in [6.07, 6.45) is 2.58. The lowest BCUT2D eigenvalue weighted by Gasteiger charge is -2.39. The Hall–Kier alpha value is -1.67. The first kappa shape index (κ1) is 21.6. The van der Waals surface area contributed by atoms with Crippen molar-refractivity contribution in [2.45, 2.75) is 38.0 Å². The third-order valence-electron chi connectivity index (χ3n) is 6.39. The Labute approximate surface area is 180 Å². The van der Waals surface area contributed by atoms with Gasteiger partial charge in [-0.25, -0.2) is 0 Å². The Morgan fingerprint density at radius 3 is 2.53 bits per heavy atom. The Bertz CT molecular complexity index is 684. The number of aryl methyl sites for hydroxylation is 1. The van der Waals surface area contributed by atoms with Gasteiger partial charge in [-0.1, -0.05) is 29.8 Å². The highest BCUT2D eigenvalue weighted by atomic mass is 16.5. The van der Waals surface area contributed by atoms with Crippen molar-refractivity contribution in [2.75, 3.05) is 66.2 Å². The van der Waals surface area contributed by atoms with Crippen molar-refractivity contribution in [2.24, 2.45) is 4.99 Å². The van der Waals surface area contributed by atoms with E-state index >= 15 is 0 Å². The third-order valence-corrected chi connectivity index (χ3v) is 6.39. The van der Waals surface area contributed by atoms with Crippen LogP contribution in [0.2, 0.25) is 0 Å². The molecular formula is C23H36N4O3. The van der Waals surface area contributed by atoms with Crippen LogP contribution in [0.15, 0.2) is 29.3 Å². The molecule has 3 aliphatic rings. The largest absolute Gasteiger partial charge is 0.379 e. The molecule has 3 saturated heterocycles. The second-order valence-electron chi connectivity index (χ2n) is 8.41. The van der Waals surface area contributed by atoms with Gasteiger partial charge in [0, 0.05) is 46.4 Å². The highest BCUT2D eigenvalue weighted by Crippen LogP contribution is 2.23. The Kier molecular flexibility index (Phi) is 7.60. The molecule has 0 bridgehead atoms. The van der Waals surface area contributed by atoms with Gasteiger partial charge in [0.15, 0.2) is 5.96 Å². The van der Waals surface area contributed by atoms with Gasteiger partial charge >= 0.3 is 0 Å². The molecule has 0 aliphatic carbocycles. The molecule has 30 heavy (non-hydrogen) atoms. The summed E-state index contributed by atoms with van der Waals surface area (Å²) < 4.78 is 17.5. The molecule has 7 heteroatoms. The molecule has 1 aromatic rings. The van der Waals surface area contributed by atoms with E-state index in [1.165, 1.54) is 11.1 Å². The number of hydrogen-bond acceptors (Lipinski definition) is 5. The predicted octanol–water partition coefficient (Wildman–Crippen LogP) is 1.82. The van der Waals surface area contributed by atoms with Crippen LogP contribution in [0.3, 0.4) is 0 Å². The first-order chi connectivity index (χ1) is 14.7. The molecule has 0 aromatic heterocycles. The van der Waals surface area contributed by atoms with Crippen molar-refractivity contribution >= 4 is 5.96 Å². The number of rotatable bonds is 5. The predicted molar refractivity (Wildman–Crippen MR) is 118 cm³/mol. The van der Waals surface area contributed by atoms with Crippen LogP contribution >= 0.6 is 0 Å². The van der Waals surface area contributed by atoms with E-state index in [4.69, 9.17) is 14.2 Å². The van der Waals surface area contributed by atoms with Gasteiger partial charge in [0.25, 0.3) is 0 Å². The summed E-state index contributed by atoms with van der Waals surface area (Å²) in [6.45, 7) is 9.72. The smallest absolute Gasteiger partial charge is 0.193 e. The van der Waals surface area contributed by atoms with Gasteiger partial charge in [-0.05, 0) is 25.3 Å². The lowest BCUT2D eigenvalue weighted by atomic mass is 10.0. The Morgan fingerprint density at radius 2 is 1.83 bits per heavy atom. The zero-order chi connectivity index (χ0) is 20.8. The number of aliphatic imine (C=N–C) groups is 1. The fourth-order valence-electron chi connectivity index (χ4n) is 4.64. The second-order valence-corrected chi connectivity index (χ2v) is 8.41. The molecule has 3 unspecified atom stereocenters. The van der Waals surface area contributed by atoms with Crippen molar-refractivity contribution in [3.63, 3.8) is 0 Å². The van der Waals surface area contributed by atoms with Gasteiger partial charge in [0.05, 0.1) is 32.0 Å². The SMILES string of the molecule is CN=C(NCC(c1ccc(C)cc1)N1CCOCC1)N1CCOC(C2CCCO2)C1. The van der Waals surface area contributed by atoms with E-state index in [0.29, 0.717) is 6.04 Å². The minimum absolute atomic E-state index is 0.131. The highest BCUT2D eigenvalue weighted by Gasteiger charge is 2.32. The van der Waals surface area contributed by atoms with Crippen LogP contribution in [0.25, 0.3) is 0 Å². The maximum absolute atomic E-state index is 6.02. The van der Waals surface area contributed by atoms with E-state index in [2.05, 4.69) is 51.3 Å². The van der Waals surface area contributed by atoms with E-state index in [-0.39, 0.29) is 12.2 Å². The van der Waals surface area contributed by atoms with E-state index in [9.17, 15) is 0 Å². The van der Waals surface area contributed by atoms with E-state index in [1.54, 1.807) is 0 Å². The van der Waals surface area contributed by atoms with E-state index in [0.717, 1.165) is 78.0 Å². The first-order valence-corrected chi connectivity index (χ1v) is 11.3. The molecule has 3 heterocycles. The highest BCUT2D eigenvalue weighted by molar-refractivity contribution is 5.80. The molecule has 0 radical (unpaired) electrons. The molecule has 0 spiro atoms. The topological polar surface area (TPSA) is 58.6 Å². The molecule has 7 nitrogen and oxygen atoms in total. The van der Waals surface area contributed by atoms with Crippen LogP contribution in [0, 0.1) is 6.92 Å². The molecule has 1 N–H and O–H groups in total. The Balaban J connectivity index is 1.41. The number of morpholine rings is 2. The van der Waals surface area contributed by atoms with Crippen LogP contribution in [-0.4, -0.2) is 94.2 Å². The average Bonchev–Trinajstić information content (AvgIpc) is 3.34. The van der Waals surface area contributed by atoms with Crippen LogP contribution in [-0.2, 0) is 14.2 Å². The molecule has 3 aliphatic heterocycles. The van der Waals surface area contributed by atoms with Crippen molar-refractivity contribution in [3.8, 4) is 0 Å². The third kappa shape index (κ3) is 5.32. The Morgan fingerprint density at radius 1 is 1.07 bits per heavy atom. The van der Waals surface area contributed by atoms with E-state index < -0.39 is 0 Å². The number of ether oxygens (including phenoxy) is 3. The van der Waals surface area contributed by atoms with Crippen LogP contribution in [0.4, 0.5) is 0 Å². The van der Waals surface area contributed by atoms with Gasteiger partial charge in [0.1, 0.15) is 6.10 Å². The number of nitrogens with one attached hydrogen (secondary N) is 1. The molecule has 1 aromatic carbocycles. The maximum Gasteiger partial charge on any atom is 0.193 e. The lowest BCUT2D eigenvalue weighted by molar-refractivity contribution is -0.0817. The average molecular weight is 417 g/mol. The standard InChI is InChI=1S/C23H36N4O3/c1-18-5-7-19(8-6-18)20(26-9-13-28-14-10-26)16-25-23(24-2)27-11-15-30-22(17-27)21-4-3-12-29-21/h5-8,20-22H,3-4,9-17H2,1-2H3,(H,24,25). The summed E-state index contributed by atoms with van der Waals surface area (Å²) in [7, 11) is 1.87. The van der Waals surface area contributed by atoms with Gasteiger partial charge in [-0.2, -0.15) is 0 Å². The van der Waals surface area contributed by atoms with Gasteiger partial charge < -0.3 is 24.4 Å². The van der Waals surface area contributed by atoms with Crippen molar-refractivity contribution < 1.29 is 14.2 Å². The zero-order valence-corrected chi connectivity index (χ0v) is 18.4. The van der Waals surface area contributed by atoms with Crippen LogP contribution in [0.1, 0.15) is 30.0 Å². The molecule has 3 atom stereocenters. The summed E-state index contributed by atoms with van der Waals surface area (Å²) in [6, 6.07) is 9.20. The van der Waals surface area contributed by atoms with Crippen molar-refractivity contribution in [1.82, 2.24) is 15.1 Å². The molecule has 3 fully saturated rings. The minimum atomic E-state index is 0.131. The number of benzene rings is 1. The maximum atomic E-state index is 6.02. The van der Waals surface area contributed by atoms with Crippen molar-refractivity contribution in [1.29, 1.82) is 0 Å². The zero-order valence-electron chi connectivity index (χ0n) is 18.4. The van der Waals surface area contributed by atoms with Gasteiger partial charge in [-0.15, -0.1) is 0 Å². The fourth-order valence-corrected chi connectivity index (χ4v) is 4.64. The molecule has 0 saturated carbocycles. The van der Waals surface area contributed by atoms with Gasteiger partial charge in [0.2, 0.25) is 0 Å². The molecular weight excluding hydrogens is 380 g/mol. The first-order valence-electron chi connectivity index (χ1n) is 11.3. The fraction of sp³-hybridized carbons (Fsp3) is 0.696. The number of nitrogens with zero attached hydrogens (tertiary/aromatic N) is 3. The van der Waals surface area contributed by atoms with Crippen LogP contribution in [0.5, 0.6) is 0 Å². The van der Waals surface area contributed by atoms with Crippen LogP contribution < -0.4 is 5.32 Å². The molecule has 0 amide bonds. The summed E-state index contributed by atoms with van der Waals surface area (Å²) >= 11 is 0. The number of guanidine groups is 1. The second kappa shape index (κ2) is 10.6. The molecule has 166 valence electrons.